The highest BCUT2D eigenvalue weighted by Gasteiger charge is 2.34. The molecule has 2 unspecified atom stereocenters. The third-order valence-corrected chi connectivity index (χ3v) is 14.2. The van der Waals surface area contributed by atoms with Gasteiger partial charge in [0.15, 0.2) is 0 Å². The number of anilines is 4. The average Bonchev–Trinajstić information content (AvgIpc) is 3.27. The number of fused-ring (bicyclic) bond motifs is 3. The van der Waals surface area contributed by atoms with E-state index in [9.17, 15) is 0 Å². The minimum Gasteiger partial charge on any atom is -0.314 e. The smallest absolute Gasteiger partial charge is 0.0539 e. The maximum absolute atomic E-state index is 2.57. The van der Waals surface area contributed by atoms with E-state index in [0.717, 1.165) is 32.1 Å². The standard InChI is InChI=1S/C58H58N2/c1-39-50(24-14-25-52(39)57(2,3)4)44-19-9-21-48(37-44)59(54-27-11-16-42-15-7-8-23-51(42)54)46-33-29-40(30-34-46)41-31-35-47(36-32-41)60-49-22-13-20-45(38-49)58(5,6)53-26-10-17-43-18-12-28-55(60)56(43)53/h7-13,15-23,25-29,31,33,35,37-39,50H,14,24,30,32,34,36H2,1-6H3. The Kier molecular flexibility index (Phi) is 9.59. The molecular weight excluding hydrogens is 725 g/mol. The molecule has 0 saturated carbocycles. The van der Waals surface area contributed by atoms with Crippen LogP contribution >= 0.6 is 0 Å². The van der Waals surface area contributed by atoms with Crippen molar-refractivity contribution in [3.8, 4) is 0 Å². The van der Waals surface area contributed by atoms with Gasteiger partial charge in [0.1, 0.15) is 0 Å². The molecule has 2 heteroatoms. The highest BCUT2D eigenvalue weighted by atomic mass is 15.2. The maximum atomic E-state index is 2.57. The molecule has 2 atom stereocenters. The first-order chi connectivity index (χ1) is 29.1. The lowest BCUT2D eigenvalue weighted by molar-refractivity contribution is 0.364. The van der Waals surface area contributed by atoms with Gasteiger partial charge in [0.25, 0.3) is 0 Å². The minimum absolute atomic E-state index is 0.0980. The van der Waals surface area contributed by atoms with E-state index in [2.05, 4.69) is 209 Å². The van der Waals surface area contributed by atoms with Crippen molar-refractivity contribution in [3.05, 3.63) is 203 Å². The van der Waals surface area contributed by atoms with E-state index in [1.807, 2.05) is 0 Å². The molecule has 0 amide bonds. The Balaban J connectivity index is 1.01. The highest BCUT2D eigenvalue weighted by Crippen LogP contribution is 2.49. The number of hydrogen-bond acceptors (Lipinski definition) is 2. The molecule has 2 nitrogen and oxygen atoms in total. The molecule has 0 fully saturated rings. The van der Waals surface area contributed by atoms with E-state index in [1.165, 1.54) is 89.9 Å². The van der Waals surface area contributed by atoms with E-state index < -0.39 is 0 Å². The molecule has 0 spiro atoms. The Labute approximate surface area is 358 Å². The summed E-state index contributed by atoms with van der Waals surface area (Å²) in [7, 11) is 0. The Bertz CT molecular complexity index is 2800. The van der Waals surface area contributed by atoms with Crippen molar-refractivity contribution in [1.82, 2.24) is 0 Å². The van der Waals surface area contributed by atoms with Crippen LogP contribution in [0.1, 0.15) is 103 Å². The number of nitrogens with zero attached hydrogens (tertiary/aromatic N) is 2. The van der Waals surface area contributed by atoms with Gasteiger partial charge in [0.2, 0.25) is 0 Å². The van der Waals surface area contributed by atoms with Gasteiger partial charge in [-0.3, -0.25) is 0 Å². The van der Waals surface area contributed by atoms with Crippen molar-refractivity contribution in [2.24, 2.45) is 11.3 Å². The first-order valence-corrected chi connectivity index (χ1v) is 22.4. The van der Waals surface area contributed by atoms with Gasteiger partial charge < -0.3 is 9.80 Å². The quantitative estimate of drug-likeness (QED) is 0.155. The second-order valence-corrected chi connectivity index (χ2v) is 19.2. The van der Waals surface area contributed by atoms with Gasteiger partial charge in [-0.1, -0.05) is 156 Å². The van der Waals surface area contributed by atoms with Crippen molar-refractivity contribution < 1.29 is 0 Å². The molecule has 0 aromatic heterocycles. The fourth-order valence-electron chi connectivity index (χ4n) is 11.1. The van der Waals surface area contributed by atoms with Gasteiger partial charge in [-0.25, -0.2) is 0 Å². The van der Waals surface area contributed by atoms with Crippen LogP contribution in [-0.4, -0.2) is 0 Å². The van der Waals surface area contributed by atoms with Crippen LogP contribution < -0.4 is 9.80 Å². The third kappa shape index (κ3) is 6.66. The predicted molar refractivity (Wildman–Crippen MR) is 257 cm³/mol. The van der Waals surface area contributed by atoms with Crippen LogP contribution in [0, 0.1) is 11.3 Å². The molecule has 0 saturated heterocycles. The normalized spacial score (nSPS) is 20.0. The van der Waals surface area contributed by atoms with Crippen molar-refractivity contribution in [1.29, 1.82) is 0 Å². The Morgan fingerprint density at radius 2 is 1.38 bits per heavy atom. The lowest BCUT2D eigenvalue weighted by atomic mass is 9.68. The molecule has 300 valence electrons. The first-order valence-electron chi connectivity index (χ1n) is 22.4. The monoisotopic (exact) mass is 782 g/mol. The summed E-state index contributed by atoms with van der Waals surface area (Å²) in [6, 6.07) is 48.0. The Morgan fingerprint density at radius 1 is 0.667 bits per heavy atom. The summed E-state index contributed by atoms with van der Waals surface area (Å²) in [6.07, 6.45) is 18.6. The third-order valence-electron chi connectivity index (χ3n) is 14.2. The summed E-state index contributed by atoms with van der Waals surface area (Å²) in [5.74, 6) is 1.03. The van der Waals surface area contributed by atoms with Crippen LogP contribution in [0.5, 0.6) is 0 Å². The van der Waals surface area contributed by atoms with Crippen molar-refractivity contribution in [3.63, 3.8) is 0 Å². The van der Waals surface area contributed by atoms with Crippen molar-refractivity contribution >= 4 is 44.3 Å². The van der Waals surface area contributed by atoms with E-state index in [-0.39, 0.29) is 10.8 Å². The fraction of sp³-hybridized carbons (Fsp3) is 0.276. The molecule has 6 aromatic rings. The lowest BCUT2D eigenvalue weighted by Crippen LogP contribution is -2.25. The summed E-state index contributed by atoms with van der Waals surface area (Å²) in [4.78, 5) is 5.10. The van der Waals surface area contributed by atoms with E-state index in [4.69, 9.17) is 0 Å². The lowest BCUT2D eigenvalue weighted by Gasteiger charge is -2.38. The maximum Gasteiger partial charge on any atom is 0.0539 e. The van der Waals surface area contributed by atoms with Crippen molar-refractivity contribution in [2.45, 2.75) is 91.4 Å². The second kappa shape index (κ2) is 15.0. The molecule has 4 aliphatic rings. The molecule has 0 N–H and O–H groups in total. The topological polar surface area (TPSA) is 6.48 Å². The molecule has 2 bridgehead atoms. The molecule has 1 heterocycles. The Hall–Kier alpha value is -5.86. The first kappa shape index (κ1) is 38.3. The van der Waals surface area contributed by atoms with Crippen LogP contribution in [-0.2, 0) is 5.41 Å². The zero-order valence-electron chi connectivity index (χ0n) is 36.3. The molecule has 0 radical (unpaired) electrons. The summed E-state index contributed by atoms with van der Waals surface area (Å²) in [6.45, 7) is 14.3. The molecular formula is C58H58N2. The summed E-state index contributed by atoms with van der Waals surface area (Å²) in [5, 5.41) is 5.22. The number of benzene rings is 6. The van der Waals surface area contributed by atoms with Gasteiger partial charge in [0, 0.05) is 39.0 Å². The minimum atomic E-state index is -0.0980. The SMILES string of the molecule is CC1C(C(C)(C)C)=CCCC1c1cccc(N(C2=CC=C(C3=CC=C(N4c5cccc(c5)C(C)(C)c5cccc6cccc4c56)CC3)CC2)c2cccc3ccccc23)c1. The molecule has 3 aliphatic carbocycles. The highest BCUT2D eigenvalue weighted by molar-refractivity contribution is 6.01. The summed E-state index contributed by atoms with van der Waals surface area (Å²) in [5.41, 5.74) is 16.5. The van der Waals surface area contributed by atoms with E-state index >= 15 is 0 Å². The Morgan fingerprint density at radius 3 is 2.17 bits per heavy atom. The molecule has 10 rings (SSSR count). The van der Waals surface area contributed by atoms with Crippen LogP contribution in [0.4, 0.5) is 22.7 Å². The van der Waals surface area contributed by atoms with Crippen LogP contribution in [0.15, 0.2) is 186 Å². The number of allylic oxidation sites excluding steroid dienone is 10. The second-order valence-electron chi connectivity index (χ2n) is 19.2. The van der Waals surface area contributed by atoms with E-state index in [1.54, 1.807) is 5.57 Å². The van der Waals surface area contributed by atoms with Crippen LogP contribution in [0.2, 0.25) is 0 Å². The van der Waals surface area contributed by atoms with Gasteiger partial charge >= 0.3 is 0 Å². The largest absolute Gasteiger partial charge is 0.314 e. The molecule has 1 aliphatic heterocycles. The van der Waals surface area contributed by atoms with Gasteiger partial charge in [-0.2, -0.15) is 0 Å². The number of rotatable bonds is 6. The van der Waals surface area contributed by atoms with E-state index in [0.29, 0.717) is 11.8 Å². The zero-order valence-corrected chi connectivity index (χ0v) is 36.3. The van der Waals surface area contributed by atoms with Crippen molar-refractivity contribution in [2.75, 3.05) is 9.80 Å². The number of hydrogen-bond donors (Lipinski definition) is 0. The summed E-state index contributed by atoms with van der Waals surface area (Å²) < 4.78 is 0. The predicted octanol–water partition coefficient (Wildman–Crippen LogP) is 16.3. The fourth-order valence-corrected chi connectivity index (χ4v) is 11.1. The van der Waals surface area contributed by atoms with Gasteiger partial charge in [0.05, 0.1) is 11.4 Å². The van der Waals surface area contributed by atoms with Crippen LogP contribution in [0.3, 0.4) is 0 Å². The molecule has 6 aromatic carbocycles. The summed E-state index contributed by atoms with van der Waals surface area (Å²) >= 11 is 0. The van der Waals surface area contributed by atoms with Gasteiger partial charge in [-0.15, -0.1) is 0 Å². The average molecular weight is 783 g/mol. The van der Waals surface area contributed by atoms with Gasteiger partial charge in [-0.05, 0) is 143 Å². The zero-order chi connectivity index (χ0) is 41.2. The molecule has 60 heavy (non-hydrogen) atoms. The van der Waals surface area contributed by atoms with Crippen LogP contribution in [0.25, 0.3) is 21.5 Å².